The lowest BCUT2D eigenvalue weighted by Crippen LogP contribution is -2.22. The first-order chi connectivity index (χ1) is 3.93. The third kappa shape index (κ3) is 1.20. The standard InChI is InChI=1S/C7H11N/c1-8-7-5-3-2-4-6-7/h2-5,7-8H,6H2,1H3/t7-/m1/s1. The molecule has 0 unspecified atom stereocenters. The van der Waals surface area contributed by atoms with Crippen molar-refractivity contribution in [3.63, 3.8) is 0 Å². The highest BCUT2D eigenvalue weighted by atomic mass is 14.9. The van der Waals surface area contributed by atoms with Crippen molar-refractivity contribution in [2.24, 2.45) is 0 Å². The fourth-order valence-electron chi connectivity index (χ4n) is 0.795. The Morgan fingerprint density at radius 2 is 2.38 bits per heavy atom. The molecule has 0 saturated heterocycles. The summed E-state index contributed by atoms with van der Waals surface area (Å²) in [6.45, 7) is 0. The summed E-state index contributed by atoms with van der Waals surface area (Å²) in [5.41, 5.74) is 0. The fourth-order valence-corrected chi connectivity index (χ4v) is 0.795. The molecule has 0 aromatic carbocycles. The van der Waals surface area contributed by atoms with E-state index in [0.29, 0.717) is 6.04 Å². The second-order valence-electron chi connectivity index (χ2n) is 1.94. The average Bonchev–Trinajstić information content (AvgIpc) is 1.90. The molecule has 0 saturated carbocycles. The monoisotopic (exact) mass is 109 g/mol. The Bertz CT molecular complexity index is 114. The molecule has 1 aliphatic carbocycles. The molecule has 0 aromatic rings. The molecule has 0 radical (unpaired) electrons. The third-order valence-electron chi connectivity index (χ3n) is 1.35. The molecule has 1 rings (SSSR count). The van der Waals surface area contributed by atoms with E-state index in [1.807, 2.05) is 7.05 Å². The van der Waals surface area contributed by atoms with Gasteiger partial charge in [0, 0.05) is 6.04 Å². The predicted octanol–water partition coefficient (Wildman–Crippen LogP) is 1.09. The van der Waals surface area contributed by atoms with Crippen LogP contribution < -0.4 is 5.32 Å². The number of rotatable bonds is 1. The Morgan fingerprint density at radius 3 is 2.75 bits per heavy atom. The normalized spacial score (nSPS) is 26.4. The van der Waals surface area contributed by atoms with Crippen LogP contribution in [0.3, 0.4) is 0 Å². The molecule has 0 aliphatic heterocycles. The van der Waals surface area contributed by atoms with Crippen LogP contribution in [0.4, 0.5) is 0 Å². The van der Waals surface area contributed by atoms with Gasteiger partial charge in [0.05, 0.1) is 0 Å². The number of likely N-dealkylation sites (N-methyl/N-ethyl adjacent to an activating group) is 1. The largest absolute Gasteiger partial charge is 0.313 e. The molecule has 0 amide bonds. The predicted molar refractivity (Wildman–Crippen MR) is 35.7 cm³/mol. The van der Waals surface area contributed by atoms with E-state index in [1.165, 1.54) is 0 Å². The van der Waals surface area contributed by atoms with E-state index in [0.717, 1.165) is 6.42 Å². The Labute approximate surface area is 50.1 Å². The van der Waals surface area contributed by atoms with Gasteiger partial charge in [-0.25, -0.2) is 0 Å². The quantitative estimate of drug-likeness (QED) is 0.531. The number of allylic oxidation sites excluding steroid dienone is 2. The molecule has 0 spiro atoms. The Kier molecular flexibility index (Phi) is 1.86. The molecular weight excluding hydrogens is 98.1 g/mol. The minimum absolute atomic E-state index is 0.569. The zero-order valence-corrected chi connectivity index (χ0v) is 5.09. The van der Waals surface area contributed by atoms with Gasteiger partial charge in [-0.15, -0.1) is 0 Å². The van der Waals surface area contributed by atoms with Crippen LogP contribution in [0.5, 0.6) is 0 Å². The van der Waals surface area contributed by atoms with E-state index in [-0.39, 0.29) is 0 Å². The second-order valence-corrected chi connectivity index (χ2v) is 1.94. The van der Waals surface area contributed by atoms with E-state index >= 15 is 0 Å². The van der Waals surface area contributed by atoms with E-state index in [1.54, 1.807) is 0 Å². The van der Waals surface area contributed by atoms with Crippen LogP contribution in [-0.2, 0) is 0 Å². The fraction of sp³-hybridized carbons (Fsp3) is 0.429. The van der Waals surface area contributed by atoms with Gasteiger partial charge in [-0.05, 0) is 13.5 Å². The second kappa shape index (κ2) is 2.68. The molecule has 0 bridgehead atoms. The van der Waals surface area contributed by atoms with Gasteiger partial charge in [-0.3, -0.25) is 0 Å². The van der Waals surface area contributed by atoms with Crippen LogP contribution in [-0.4, -0.2) is 13.1 Å². The Hall–Kier alpha value is -0.560. The molecule has 0 aromatic heterocycles. The highest BCUT2D eigenvalue weighted by Crippen LogP contribution is 2.00. The van der Waals surface area contributed by atoms with E-state index in [2.05, 4.69) is 29.6 Å². The van der Waals surface area contributed by atoms with Crippen molar-refractivity contribution in [2.75, 3.05) is 7.05 Å². The molecule has 1 heteroatoms. The molecule has 1 N–H and O–H groups in total. The first kappa shape index (κ1) is 5.57. The van der Waals surface area contributed by atoms with E-state index in [9.17, 15) is 0 Å². The van der Waals surface area contributed by atoms with Crippen molar-refractivity contribution in [1.29, 1.82) is 0 Å². The maximum absolute atomic E-state index is 3.17. The molecule has 1 aliphatic rings. The van der Waals surface area contributed by atoms with Crippen molar-refractivity contribution >= 4 is 0 Å². The number of hydrogen-bond acceptors (Lipinski definition) is 1. The summed E-state index contributed by atoms with van der Waals surface area (Å²) in [6, 6.07) is 0.569. The van der Waals surface area contributed by atoms with Crippen molar-refractivity contribution in [2.45, 2.75) is 12.5 Å². The van der Waals surface area contributed by atoms with Crippen LogP contribution in [0.15, 0.2) is 24.3 Å². The summed E-state index contributed by atoms with van der Waals surface area (Å²) in [5, 5.41) is 3.17. The molecule has 44 valence electrons. The zero-order chi connectivity index (χ0) is 5.82. The van der Waals surface area contributed by atoms with Gasteiger partial charge in [0.25, 0.3) is 0 Å². The maximum atomic E-state index is 3.17. The number of hydrogen-bond donors (Lipinski definition) is 1. The molecule has 0 heterocycles. The zero-order valence-electron chi connectivity index (χ0n) is 5.09. The lowest BCUT2D eigenvalue weighted by molar-refractivity contribution is 0.672. The highest BCUT2D eigenvalue weighted by molar-refractivity contribution is 5.13. The van der Waals surface area contributed by atoms with Gasteiger partial charge in [0.2, 0.25) is 0 Å². The van der Waals surface area contributed by atoms with Crippen molar-refractivity contribution in [3.05, 3.63) is 24.3 Å². The van der Waals surface area contributed by atoms with Gasteiger partial charge in [-0.1, -0.05) is 24.3 Å². The van der Waals surface area contributed by atoms with E-state index < -0.39 is 0 Å². The topological polar surface area (TPSA) is 12.0 Å². The number of nitrogens with one attached hydrogen (secondary N) is 1. The van der Waals surface area contributed by atoms with Gasteiger partial charge in [-0.2, -0.15) is 0 Å². The first-order valence-corrected chi connectivity index (χ1v) is 2.94. The Morgan fingerprint density at radius 1 is 1.50 bits per heavy atom. The smallest absolute Gasteiger partial charge is 0.0284 e. The minimum atomic E-state index is 0.569. The van der Waals surface area contributed by atoms with Crippen molar-refractivity contribution in [1.82, 2.24) is 5.32 Å². The molecule has 1 nitrogen and oxygen atoms in total. The Balaban J connectivity index is 2.40. The lowest BCUT2D eigenvalue weighted by atomic mass is 10.1. The highest BCUT2D eigenvalue weighted by Gasteiger charge is 1.97. The van der Waals surface area contributed by atoms with Crippen LogP contribution in [0.2, 0.25) is 0 Å². The van der Waals surface area contributed by atoms with Crippen LogP contribution >= 0.6 is 0 Å². The summed E-state index contributed by atoms with van der Waals surface area (Å²) in [7, 11) is 1.98. The minimum Gasteiger partial charge on any atom is -0.313 e. The average molecular weight is 109 g/mol. The molecule has 1 atom stereocenters. The van der Waals surface area contributed by atoms with E-state index in [4.69, 9.17) is 0 Å². The molecular formula is C7H11N. The van der Waals surface area contributed by atoms with Crippen LogP contribution in [0.1, 0.15) is 6.42 Å². The van der Waals surface area contributed by atoms with Gasteiger partial charge in [0.15, 0.2) is 0 Å². The van der Waals surface area contributed by atoms with Crippen LogP contribution in [0, 0.1) is 0 Å². The first-order valence-electron chi connectivity index (χ1n) is 2.94. The summed E-state index contributed by atoms with van der Waals surface area (Å²) < 4.78 is 0. The molecule has 0 fully saturated rings. The van der Waals surface area contributed by atoms with Crippen molar-refractivity contribution in [3.8, 4) is 0 Å². The summed E-state index contributed by atoms with van der Waals surface area (Å²) in [4.78, 5) is 0. The molecule has 8 heavy (non-hydrogen) atoms. The summed E-state index contributed by atoms with van der Waals surface area (Å²) in [6.07, 6.45) is 9.62. The maximum Gasteiger partial charge on any atom is 0.0284 e. The van der Waals surface area contributed by atoms with Gasteiger partial charge >= 0.3 is 0 Å². The van der Waals surface area contributed by atoms with Gasteiger partial charge in [0.1, 0.15) is 0 Å². The third-order valence-corrected chi connectivity index (χ3v) is 1.35. The summed E-state index contributed by atoms with van der Waals surface area (Å²) >= 11 is 0. The van der Waals surface area contributed by atoms with Crippen molar-refractivity contribution < 1.29 is 0 Å². The SMILES string of the molecule is CN[C@@H]1C=CC=CC1. The lowest BCUT2D eigenvalue weighted by Gasteiger charge is -2.09. The van der Waals surface area contributed by atoms with Gasteiger partial charge < -0.3 is 5.32 Å². The summed E-state index contributed by atoms with van der Waals surface area (Å²) in [5.74, 6) is 0. The van der Waals surface area contributed by atoms with Crippen LogP contribution in [0.25, 0.3) is 0 Å².